The number of hydrogen-bond donors (Lipinski definition) is 0. The van der Waals surface area contributed by atoms with Gasteiger partial charge in [0.2, 0.25) is 5.95 Å². The molecular weight excluding hydrogens is 729 g/mol. The molecule has 0 saturated carbocycles. The number of hydrogen-bond acceptors (Lipinski definition) is 3. The minimum Gasteiger partial charge on any atom is -0.277 e. The van der Waals surface area contributed by atoms with Gasteiger partial charge in [0.1, 0.15) is 0 Å². The molecule has 278 valence electrons. The fourth-order valence-corrected chi connectivity index (χ4v) is 10.5. The molecule has 4 nitrogen and oxygen atoms in total. The molecule has 0 N–H and O–H groups in total. The molecule has 2 aromatic heterocycles. The van der Waals surface area contributed by atoms with E-state index in [9.17, 15) is 0 Å². The molecule has 60 heavy (non-hydrogen) atoms. The Morgan fingerprint density at radius 1 is 0.350 bits per heavy atom. The van der Waals surface area contributed by atoms with E-state index < -0.39 is 5.41 Å². The summed E-state index contributed by atoms with van der Waals surface area (Å²) in [6.45, 7) is 0. The number of fused-ring (bicyclic) bond motifs is 17. The molecule has 13 rings (SSSR count). The second-order valence-corrected chi connectivity index (χ2v) is 15.9. The Bertz CT molecular complexity index is 3490. The average molecular weight is 763 g/mol. The van der Waals surface area contributed by atoms with Crippen LogP contribution in [-0.2, 0) is 5.41 Å². The Labute approximate surface area is 346 Å². The minimum absolute atomic E-state index is 0.584. The lowest BCUT2D eigenvalue weighted by Gasteiger charge is -2.31. The van der Waals surface area contributed by atoms with Crippen LogP contribution in [0.5, 0.6) is 0 Å². The zero-order valence-electron chi connectivity index (χ0n) is 32.4. The fraction of sp³-hybridized carbons (Fsp3) is 0.0179. The monoisotopic (exact) mass is 762 g/mol. The van der Waals surface area contributed by atoms with Crippen molar-refractivity contribution in [2.75, 3.05) is 0 Å². The number of benzene rings is 9. The van der Waals surface area contributed by atoms with E-state index in [1.54, 1.807) is 0 Å². The van der Waals surface area contributed by atoms with E-state index in [1.165, 1.54) is 66.2 Å². The van der Waals surface area contributed by atoms with Crippen LogP contribution < -0.4 is 0 Å². The number of nitrogens with zero attached hydrogens (tertiary/aromatic N) is 4. The Morgan fingerprint density at radius 3 is 1.45 bits per heavy atom. The normalized spacial score (nSPS) is 13.1. The van der Waals surface area contributed by atoms with E-state index in [4.69, 9.17) is 15.0 Å². The van der Waals surface area contributed by atoms with Crippen LogP contribution in [0.2, 0.25) is 0 Å². The molecule has 4 heteroatoms. The smallest absolute Gasteiger partial charge is 0.238 e. The largest absolute Gasteiger partial charge is 0.277 e. The first kappa shape index (κ1) is 33.1. The summed E-state index contributed by atoms with van der Waals surface area (Å²) in [6.07, 6.45) is 0. The zero-order valence-corrected chi connectivity index (χ0v) is 32.4. The lowest BCUT2D eigenvalue weighted by Crippen LogP contribution is -2.26. The van der Waals surface area contributed by atoms with Crippen molar-refractivity contribution in [3.63, 3.8) is 0 Å². The van der Waals surface area contributed by atoms with Crippen LogP contribution in [0.25, 0.3) is 94.7 Å². The number of para-hydroxylation sites is 1. The molecule has 2 aliphatic rings. The highest BCUT2D eigenvalue weighted by Crippen LogP contribution is 2.66. The Morgan fingerprint density at radius 2 is 0.800 bits per heavy atom. The molecule has 0 amide bonds. The third-order valence-electron chi connectivity index (χ3n) is 12.9. The van der Waals surface area contributed by atoms with E-state index in [0.29, 0.717) is 17.6 Å². The molecule has 0 atom stereocenters. The number of rotatable bonds is 4. The molecule has 2 aliphatic carbocycles. The standard InChI is InChI=1S/C56H34N4/c1-3-17-35(18-4-1)36-31-33-38(34-32-36)54-57-53(37-19-5-2-6-20-37)58-55(59-54)60-48-30-16-12-26-44(48)50-42-24-8-7-23-41(42)49-43-25-11-15-29-47(43)56(51(49)52(50)60)45-27-13-9-21-39(45)40-22-10-14-28-46(40)56/h1-34H. The van der Waals surface area contributed by atoms with Gasteiger partial charge in [-0.05, 0) is 66.9 Å². The molecule has 0 unspecified atom stereocenters. The van der Waals surface area contributed by atoms with Crippen molar-refractivity contribution < 1.29 is 0 Å². The zero-order chi connectivity index (χ0) is 39.4. The highest BCUT2D eigenvalue weighted by atomic mass is 15.2. The van der Waals surface area contributed by atoms with Crippen LogP contribution in [0.3, 0.4) is 0 Å². The van der Waals surface area contributed by atoms with Gasteiger partial charge in [0.25, 0.3) is 0 Å². The molecule has 9 aromatic carbocycles. The van der Waals surface area contributed by atoms with Crippen molar-refractivity contribution in [3.05, 3.63) is 229 Å². The SMILES string of the molecule is c1ccc(-c2ccc(-c3nc(-c4ccccc4)nc(-n4c5ccccc5c5c6ccccc6c6c(c54)C4(c5ccccc5-c5ccccc54)c4ccccc4-6)n3)cc2)cc1. The summed E-state index contributed by atoms with van der Waals surface area (Å²) in [5.74, 6) is 1.83. The van der Waals surface area contributed by atoms with Crippen LogP contribution >= 0.6 is 0 Å². The summed E-state index contributed by atoms with van der Waals surface area (Å²) in [5.41, 5.74) is 16.0. The Hall–Kier alpha value is -7.95. The van der Waals surface area contributed by atoms with Crippen molar-refractivity contribution in [2.45, 2.75) is 5.41 Å². The Kier molecular flexibility index (Phi) is 6.90. The summed E-state index contributed by atoms with van der Waals surface area (Å²) < 4.78 is 2.35. The van der Waals surface area contributed by atoms with E-state index in [1.807, 2.05) is 24.3 Å². The minimum atomic E-state index is -0.598. The molecule has 2 heterocycles. The van der Waals surface area contributed by atoms with Gasteiger partial charge in [-0.1, -0.05) is 200 Å². The predicted molar refractivity (Wildman–Crippen MR) is 244 cm³/mol. The second-order valence-electron chi connectivity index (χ2n) is 15.9. The molecule has 0 saturated heterocycles. The van der Waals surface area contributed by atoms with E-state index >= 15 is 0 Å². The van der Waals surface area contributed by atoms with Gasteiger partial charge >= 0.3 is 0 Å². The summed E-state index contributed by atoms with van der Waals surface area (Å²) in [5, 5.41) is 4.81. The van der Waals surface area contributed by atoms with Crippen LogP contribution in [0, 0.1) is 0 Å². The third kappa shape index (κ3) is 4.42. The highest BCUT2D eigenvalue weighted by molar-refractivity contribution is 6.27. The first-order valence-corrected chi connectivity index (χ1v) is 20.5. The first-order chi connectivity index (χ1) is 29.8. The van der Waals surface area contributed by atoms with Crippen molar-refractivity contribution in [3.8, 4) is 62.1 Å². The average Bonchev–Trinajstić information content (AvgIpc) is 3.95. The summed E-state index contributed by atoms with van der Waals surface area (Å²) in [7, 11) is 0. The quantitative estimate of drug-likeness (QED) is 0.179. The maximum atomic E-state index is 5.47. The first-order valence-electron chi connectivity index (χ1n) is 20.5. The van der Waals surface area contributed by atoms with Gasteiger partial charge in [0.15, 0.2) is 11.6 Å². The van der Waals surface area contributed by atoms with Crippen molar-refractivity contribution in [1.29, 1.82) is 0 Å². The maximum Gasteiger partial charge on any atom is 0.238 e. The topological polar surface area (TPSA) is 43.6 Å². The third-order valence-corrected chi connectivity index (χ3v) is 12.9. The van der Waals surface area contributed by atoms with Gasteiger partial charge < -0.3 is 0 Å². The lowest BCUT2D eigenvalue weighted by molar-refractivity contribution is 0.795. The highest BCUT2D eigenvalue weighted by Gasteiger charge is 2.53. The van der Waals surface area contributed by atoms with Gasteiger partial charge in [-0.3, -0.25) is 4.57 Å². The van der Waals surface area contributed by atoms with Gasteiger partial charge in [0, 0.05) is 27.5 Å². The molecular formula is C56H34N4. The van der Waals surface area contributed by atoms with E-state index in [2.05, 4.69) is 187 Å². The summed E-state index contributed by atoms with van der Waals surface area (Å²) >= 11 is 0. The van der Waals surface area contributed by atoms with Crippen LogP contribution in [0.1, 0.15) is 22.3 Å². The molecule has 1 spiro atoms. The Balaban J connectivity index is 1.20. The maximum absolute atomic E-state index is 5.47. The molecule has 0 bridgehead atoms. The number of aromatic nitrogens is 4. The van der Waals surface area contributed by atoms with E-state index in [-0.39, 0.29) is 0 Å². The van der Waals surface area contributed by atoms with E-state index in [0.717, 1.165) is 33.1 Å². The summed E-state index contributed by atoms with van der Waals surface area (Å²) in [6, 6.07) is 74.2. The van der Waals surface area contributed by atoms with Crippen molar-refractivity contribution in [1.82, 2.24) is 19.5 Å². The van der Waals surface area contributed by atoms with Crippen molar-refractivity contribution in [2.24, 2.45) is 0 Å². The van der Waals surface area contributed by atoms with Crippen LogP contribution in [-0.4, -0.2) is 19.5 Å². The molecule has 11 aromatic rings. The molecule has 0 radical (unpaired) electrons. The molecule has 0 fully saturated rings. The predicted octanol–water partition coefficient (Wildman–Crippen LogP) is 13.5. The van der Waals surface area contributed by atoms with Gasteiger partial charge in [0.05, 0.1) is 16.4 Å². The van der Waals surface area contributed by atoms with Gasteiger partial charge in [-0.15, -0.1) is 0 Å². The van der Waals surface area contributed by atoms with Gasteiger partial charge in [-0.25, -0.2) is 4.98 Å². The van der Waals surface area contributed by atoms with Crippen molar-refractivity contribution >= 4 is 32.6 Å². The summed E-state index contributed by atoms with van der Waals surface area (Å²) in [4.78, 5) is 16.1. The molecule has 0 aliphatic heterocycles. The fourth-order valence-electron chi connectivity index (χ4n) is 10.5. The van der Waals surface area contributed by atoms with Crippen LogP contribution in [0.4, 0.5) is 0 Å². The lowest BCUT2D eigenvalue weighted by atomic mass is 9.70. The van der Waals surface area contributed by atoms with Gasteiger partial charge in [-0.2, -0.15) is 9.97 Å². The second kappa shape index (κ2) is 12.5. The van der Waals surface area contributed by atoms with Crippen LogP contribution in [0.15, 0.2) is 206 Å².